The minimum Gasteiger partial charge on any atom is -0.125 e. The van der Waals surface area contributed by atoms with Crippen LogP contribution in [0.1, 0.15) is 172 Å². The summed E-state index contributed by atoms with van der Waals surface area (Å²) in [6, 6.07) is 26.3. The van der Waals surface area contributed by atoms with Crippen molar-refractivity contribution in [2.45, 2.75) is 172 Å². The summed E-state index contributed by atoms with van der Waals surface area (Å²) < 4.78 is 0. The minimum atomic E-state index is -2.00. The Morgan fingerprint density at radius 2 is 0.643 bits per heavy atom. The molecule has 0 saturated carbocycles. The summed E-state index contributed by atoms with van der Waals surface area (Å²) in [4.78, 5) is 0. The molecule has 2 heteroatoms. The van der Waals surface area contributed by atoms with Gasteiger partial charge in [-0.1, -0.05) is 247 Å². The minimum absolute atomic E-state index is 0.118. The second kappa shape index (κ2) is 19.1. The zero-order chi connectivity index (χ0) is 51.5. The fourth-order valence-corrected chi connectivity index (χ4v) is 23.7. The number of fused-ring (bicyclic) bond motifs is 3. The van der Waals surface area contributed by atoms with Crippen molar-refractivity contribution in [2.24, 2.45) is 21.7 Å². The van der Waals surface area contributed by atoms with Gasteiger partial charge in [-0.3, -0.25) is 0 Å². The van der Waals surface area contributed by atoms with E-state index in [9.17, 15) is 0 Å². The second-order valence-electron chi connectivity index (χ2n) is 25.1. The van der Waals surface area contributed by atoms with Gasteiger partial charge in [0.05, 0.1) is 0 Å². The van der Waals surface area contributed by atoms with Crippen LogP contribution in [0.25, 0.3) is 11.1 Å². The fourth-order valence-electron chi connectivity index (χ4n) is 13.2. The molecule has 0 aromatic heterocycles. The van der Waals surface area contributed by atoms with Gasteiger partial charge < -0.3 is 0 Å². The SMILES string of the molecule is CC(C)[Si](C#Cc1ccccc1C#CC1=C2C=C(C(C)(C)C)C=C3c4ccccc4C4=CC(C(C)(C)C)=CC(=C1C#Cc1ccccc1C#C[Si](C(C)C)(C(C)C)C(C)C)[C@@]4(C)[C@@]32C)(C(C)C)C(C)C. The lowest BCUT2D eigenvalue weighted by molar-refractivity contribution is 0.295. The second-order valence-corrected chi connectivity index (χ2v) is 36.2. The molecule has 3 aromatic carbocycles. The van der Waals surface area contributed by atoms with Gasteiger partial charge in [-0.15, -0.1) is 11.1 Å². The molecule has 0 radical (unpaired) electrons. The van der Waals surface area contributed by atoms with Crippen LogP contribution in [0, 0.1) is 68.3 Å². The van der Waals surface area contributed by atoms with E-state index in [4.69, 9.17) is 0 Å². The highest BCUT2D eigenvalue weighted by Crippen LogP contribution is 2.73. The Kier molecular flexibility index (Phi) is 14.3. The van der Waals surface area contributed by atoms with Crippen LogP contribution in [0.2, 0.25) is 33.2 Å². The zero-order valence-corrected chi connectivity index (χ0v) is 48.7. The smallest absolute Gasteiger partial charge is 0.125 e. The first-order valence-corrected chi connectivity index (χ1v) is 30.9. The number of allylic oxidation sites excluding steroid dienone is 12. The molecular weight excluding hydrogens is 873 g/mol. The van der Waals surface area contributed by atoms with Crippen LogP contribution in [0.3, 0.4) is 0 Å². The highest BCUT2D eigenvalue weighted by molar-refractivity contribution is 6.91. The summed E-state index contributed by atoms with van der Waals surface area (Å²) in [6.45, 7) is 47.7. The van der Waals surface area contributed by atoms with Crippen molar-refractivity contribution in [1.29, 1.82) is 0 Å². The average Bonchev–Trinajstić information content (AvgIpc) is 3.27. The van der Waals surface area contributed by atoms with Crippen LogP contribution < -0.4 is 0 Å². The van der Waals surface area contributed by atoms with Crippen LogP contribution in [-0.4, -0.2) is 16.1 Å². The molecule has 0 amide bonds. The fraction of sp³-hybridized carbons (Fsp3) is 0.441. The monoisotopic (exact) mass is 955 g/mol. The van der Waals surface area contributed by atoms with E-state index in [1.807, 2.05) is 0 Å². The Labute approximate surface area is 428 Å². The first kappa shape index (κ1) is 52.6. The van der Waals surface area contributed by atoms with E-state index in [0.717, 1.165) is 33.4 Å². The van der Waals surface area contributed by atoms with E-state index >= 15 is 0 Å². The lowest BCUT2D eigenvalue weighted by atomic mass is 9.41. The van der Waals surface area contributed by atoms with Gasteiger partial charge in [-0.25, -0.2) is 0 Å². The van der Waals surface area contributed by atoms with Gasteiger partial charge in [-0.05, 0) is 113 Å². The van der Waals surface area contributed by atoms with Gasteiger partial charge >= 0.3 is 0 Å². The molecule has 0 heterocycles. The van der Waals surface area contributed by atoms with E-state index in [1.165, 1.54) is 44.6 Å². The summed E-state index contributed by atoms with van der Waals surface area (Å²) >= 11 is 0. The van der Waals surface area contributed by atoms with Crippen molar-refractivity contribution < 1.29 is 0 Å². The van der Waals surface area contributed by atoms with Gasteiger partial charge in [-0.2, -0.15) is 0 Å². The molecule has 0 saturated heterocycles. The van der Waals surface area contributed by atoms with Crippen molar-refractivity contribution in [3.63, 3.8) is 0 Å². The Morgan fingerprint density at radius 3 is 0.914 bits per heavy atom. The van der Waals surface area contributed by atoms with Crippen LogP contribution in [0.5, 0.6) is 0 Å². The van der Waals surface area contributed by atoms with Crippen LogP contribution in [0.15, 0.2) is 131 Å². The highest BCUT2D eigenvalue weighted by Gasteiger charge is 2.62. The summed E-state index contributed by atoms with van der Waals surface area (Å²) in [7, 11) is -4.01. The van der Waals surface area contributed by atoms with Crippen LogP contribution in [-0.2, 0) is 0 Å². The Bertz CT molecular complexity index is 2810. The topological polar surface area (TPSA) is 0 Å². The van der Waals surface area contributed by atoms with Crippen molar-refractivity contribution >= 4 is 27.3 Å². The number of rotatable bonds is 6. The Balaban J connectivity index is 1.61. The van der Waals surface area contributed by atoms with Gasteiger partial charge in [0.25, 0.3) is 0 Å². The van der Waals surface area contributed by atoms with Gasteiger partial charge in [0.2, 0.25) is 0 Å². The predicted octanol–water partition coefficient (Wildman–Crippen LogP) is 18.3. The molecule has 4 aliphatic rings. The standard InChI is InChI=1S/C68H82Si2/c1-45(2)69(46(3)4,47(5)6)39-37-53-29-23-21-27-51(53)33-35-59-60(36-34-52-28-22-24-30-54(52)38-40-70(48(7)8,49(9)10)50(11)12)64-44-56(66(16,17)18)42-62-58-32-26-25-31-57(58)61-41-55(65(13,14)15)43-63(59)67(61,19)68(62,64)20/h21-32,41-50H,1-20H3/t67-,68-/m0/s1. The van der Waals surface area contributed by atoms with Gasteiger partial charge in [0.1, 0.15) is 16.1 Å². The third-order valence-electron chi connectivity index (χ3n) is 17.4. The molecule has 3 aromatic rings. The molecule has 7 rings (SSSR count). The molecule has 0 aliphatic heterocycles. The van der Waals surface area contributed by atoms with E-state index < -0.39 is 27.0 Å². The van der Waals surface area contributed by atoms with Crippen molar-refractivity contribution in [2.75, 3.05) is 0 Å². The summed E-state index contributed by atoms with van der Waals surface area (Å²) in [5.41, 5.74) is 26.5. The lowest BCUT2D eigenvalue weighted by Crippen LogP contribution is -2.50. The number of benzene rings is 3. The van der Waals surface area contributed by atoms with E-state index in [2.05, 4.69) is 282 Å². The number of hydrogen-bond donors (Lipinski definition) is 0. The van der Waals surface area contributed by atoms with E-state index in [1.54, 1.807) is 0 Å². The lowest BCUT2D eigenvalue weighted by Gasteiger charge is -2.60. The van der Waals surface area contributed by atoms with Gasteiger partial charge in [0.15, 0.2) is 0 Å². The van der Waals surface area contributed by atoms with Crippen LogP contribution in [0.4, 0.5) is 0 Å². The number of hydrogen-bond acceptors (Lipinski definition) is 0. The summed E-state index contributed by atoms with van der Waals surface area (Å²) in [5.74, 6) is 23.2. The maximum Gasteiger partial charge on any atom is 0.146 e. The average molecular weight is 956 g/mol. The van der Waals surface area contributed by atoms with Crippen molar-refractivity contribution in [1.82, 2.24) is 0 Å². The normalized spacial score (nSPS) is 19.8. The van der Waals surface area contributed by atoms with Crippen molar-refractivity contribution in [3.05, 3.63) is 164 Å². The highest BCUT2D eigenvalue weighted by atomic mass is 28.3. The Morgan fingerprint density at radius 1 is 0.371 bits per heavy atom. The van der Waals surface area contributed by atoms with E-state index in [-0.39, 0.29) is 10.8 Å². The van der Waals surface area contributed by atoms with Crippen molar-refractivity contribution in [3.8, 4) is 46.6 Å². The first-order chi connectivity index (χ1) is 32.7. The first-order valence-electron chi connectivity index (χ1n) is 26.5. The van der Waals surface area contributed by atoms with E-state index in [0.29, 0.717) is 33.2 Å². The zero-order valence-electron chi connectivity index (χ0n) is 46.7. The quantitative estimate of drug-likeness (QED) is 0.171. The summed E-state index contributed by atoms with van der Waals surface area (Å²) in [6.07, 6.45) is 10.0. The maximum absolute atomic E-state index is 4.02. The molecule has 0 fully saturated rings. The maximum atomic E-state index is 4.02. The third-order valence-corrected chi connectivity index (χ3v) is 30.0. The molecule has 4 aliphatic carbocycles. The molecule has 70 heavy (non-hydrogen) atoms. The molecule has 2 atom stereocenters. The molecule has 0 spiro atoms. The molecule has 0 bridgehead atoms. The molecular formula is C68H82Si2. The molecule has 0 nitrogen and oxygen atoms in total. The Hall–Kier alpha value is -5.23. The molecule has 0 unspecified atom stereocenters. The summed E-state index contributed by atoms with van der Waals surface area (Å²) in [5, 5.41) is 0. The third kappa shape index (κ3) is 8.61. The largest absolute Gasteiger partial charge is 0.146 e. The van der Waals surface area contributed by atoms with Gasteiger partial charge in [0, 0.05) is 44.2 Å². The van der Waals surface area contributed by atoms with Crippen LogP contribution >= 0.6 is 0 Å². The predicted molar refractivity (Wildman–Crippen MR) is 310 cm³/mol. The molecule has 362 valence electrons. The molecule has 0 N–H and O–H groups in total.